The number of anilines is 1. The highest BCUT2D eigenvalue weighted by Gasteiger charge is 2.18. The van der Waals surface area contributed by atoms with E-state index in [4.69, 9.17) is 5.11 Å². The van der Waals surface area contributed by atoms with Crippen LogP contribution >= 0.6 is 11.5 Å². The first kappa shape index (κ1) is 15.4. The number of carbonyl (C=O) groups excluding carboxylic acids is 1. The third kappa shape index (κ3) is 5.21. The molecule has 19 heavy (non-hydrogen) atoms. The number of carboxylic acids is 1. The third-order valence-corrected chi connectivity index (χ3v) is 3.14. The molecule has 0 saturated carbocycles. The molecule has 0 radical (unpaired) electrons. The minimum atomic E-state index is -0.858. The molecule has 7 nitrogen and oxygen atoms in total. The average molecular weight is 286 g/mol. The predicted octanol–water partition coefficient (Wildman–Crippen LogP) is 1.95. The molecular weight excluding hydrogens is 268 g/mol. The largest absolute Gasteiger partial charge is 0.481 e. The number of hydrogen-bond donors (Lipinski definition) is 2. The second-order valence-corrected chi connectivity index (χ2v) is 5.11. The Morgan fingerprint density at radius 2 is 2.16 bits per heavy atom. The summed E-state index contributed by atoms with van der Waals surface area (Å²) in [5.41, 5.74) is 0. The standard InChI is InChI=1S/C11H18N4O3S/c1-7(2)15(6-4-5-9(16)17)11(18)13-10-12-8(3)14-19-10/h7H,4-6H2,1-3H3,(H,16,17)(H,12,13,14,18). The van der Waals surface area contributed by atoms with E-state index in [0.29, 0.717) is 23.9 Å². The van der Waals surface area contributed by atoms with Gasteiger partial charge in [-0.05, 0) is 27.2 Å². The van der Waals surface area contributed by atoms with Crippen molar-refractivity contribution in [3.05, 3.63) is 5.82 Å². The maximum Gasteiger partial charge on any atom is 0.323 e. The van der Waals surface area contributed by atoms with Crippen LogP contribution in [0.1, 0.15) is 32.5 Å². The smallest absolute Gasteiger partial charge is 0.323 e. The van der Waals surface area contributed by atoms with Crippen LogP contribution in [0, 0.1) is 6.92 Å². The molecule has 0 saturated heterocycles. The molecule has 0 aliphatic carbocycles. The van der Waals surface area contributed by atoms with Crippen molar-refractivity contribution in [1.29, 1.82) is 0 Å². The van der Waals surface area contributed by atoms with Gasteiger partial charge in [-0.2, -0.15) is 4.37 Å². The van der Waals surface area contributed by atoms with Crippen molar-refractivity contribution >= 4 is 28.7 Å². The molecule has 0 atom stereocenters. The van der Waals surface area contributed by atoms with E-state index in [1.807, 2.05) is 13.8 Å². The van der Waals surface area contributed by atoms with Gasteiger partial charge in [0.05, 0.1) is 0 Å². The van der Waals surface area contributed by atoms with E-state index in [1.165, 1.54) is 0 Å². The fourth-order valence-electron chi connectivity index (χ4n) is 1.51. The lowest BCUT2D eigenvalue weighted by Gasteiger charge is -2.26. The average Bonchev–Trinajstić information content (AvgIpc) is 2.69. The molecule has 2 amide bonds. The van der Waals surface area contributed by atoms with Gasteiger partial charge in [-0.3, -0.25) is 10.1 Å². The summed E-state index contributed by atoms with van der Waals surface area (Å²) in [6.45, 7) is 5.91. The van der Waals surface area contributed by atoms with Crippen LogP contribution in [0.4, 0.5) is 9.93 Å². The molecule has 0 spiro atoms. The van der Waals surface area contributed by atoms with E-state index >= 15 is 0 Å². The van der Waals surface area contributed by atoms with Gasteiger partial charge in [-0.15, -0.1) is 0 Å². The zero-order valence-corrected chi connectivity index (χ0v) is 12.0. The molecule has 1 rings (SSSR count). The number of rotatable bonds is 6. The third-order valence-electron chi connectivity index (χ3n) is 2.42. The van der Waals surface area contributed by atoms with Gasteiger partial charge in [-0.25, -0.2) is 9.78 Å². The number of nitrogens with one attached hydrogen (secondary N) is 1. The highest BCUT2D eigenvalue weighted by molar-refractivity contribution is 7.09. The van der Waals surface area contributed by atoms with Gasteiger partial charge < -0.3 is 10.0 Å². The molecule has 0 aromatic carbocycles. The monoisotopic (exact) mass is 286 g/mol. The lowest BCUT2D eigenvalue weighted by molar-refractivity contribution is -0.137. The number of nitrogens with zero attached hydrogens (tertiary/aromatic N) is 3. The van der Waals surface area contributed by atoms with Crippen LogP contribution in [0.25, 0.3) is 0 Å². The molecule has 1 aromatic heterocycles. The van der Waals surface area contributed by atoms with E-state index in [1.54, 1.807) is 11.8 Å². The van der Waals surface area contributed by atoms with Crippen molar-refractivity contribution in [2.45, 2.75) is 39.7 Å². The number of urea groups is 1. The van der Waals surface area contributed by atoms with Crippen molar-refractivity contribution in [2.24, 2.45) is 0 Å². The quantitative estimate of drug-likeness (QED) is 0.833. The van der Waals surface area contributed by atoms with Gasteiger partial charge in [0.25, 0.3) is 0 Å². The van der Waals surface area contributed by atoms with Crippen molar-refractivity contribution in [1.82, 2.24) is 14.3 Å². The number of carboxylic acid groups (broad SMARTS) is 1. The van der Waals surface area contributed by atoms with Gasteiger partial charge in [-0.1, -0.05) is 0 Å². The molecule has 8 heteroatoms. The summed E-state index contributed by atoms with van der Waals surface area (Å²) in [5, 5.41) is 11.7. The highest BCUT2D eigenvalue weighted by Crippen LogP contribution is 2.12. The van der Waals surface area contributed by atoms with Gasteiger partial charge in [0, 0.05) is 30.5 Å². The number of aryl methyl sites for hydroxylation is 1. The SMILES string of the molecule is Cc1nsc(NC(=O)N(CCCC(=O)O)C(C)C)n1. The predicted molar refractivity (Wildman–Crippen MR) is 72.4 cm³/mol. The topological polar surface area (TPSA) is 95.4 Å². The van der Waals surface area contributed by atoms with Crippen molar-refractivity contribution in [2.75, 3.05) is 11.9 Å². The number of carbonyl (C=O) groups is 2. The Balaban J connectivity index is 2.55. The molecule has 0 bridgehead atoms. The van der Waals surface area contributed by atoms with Crippen molar-refractivity contribution < 1.29 is 14.7 Å². The van der Waals surface area contributed by atoms with Crippen LogP contribution in [0.5, 0.6) is 0 Å². The molecule has 0 aliphatic heterocycles. The number of aromatic nitrogens is 2. The molecule has 106 valence electrons. The molecule has 0 unspecified atom stereocenters. The molecule has 0 fully saturated rings. The van der Waals surface area contributed by atoms with E-state index in [2.05, 4.69) is 14.7 Å². The second-order valence-electron chi connectivity index (χ2n) is 4.36. The maximum absolute atomic E-state index is 12.0. The summed E-state index contributed by atoms with van der Waals surface area (Å²) >= 11 is 1.12. The van der Waals surface area contributed by atoms with Crippen LogP contribution in [-0.2, 0) is 4.79 Å². The van der Waals surface area contributed by atoms with Crippen LogP contribution in [0.15, 0.2) is 0 Å². The first-order valence-electron chi connectivity index (χ1n) is 6.00. The molecule has 1 heterocycles. The first-order chi connectivity index (χ1) is 8.90. The van der Waals surface area contributed by atoms with Crippen molar-refractivity contribution in [3.63, 3.8) is 0 Å². The highest BCUT2D eigenvalue weighted by atomic mass is 32.1. The first-order valence-corrected chi connectivity index (χ1v) is 6.77. The Bertz CT molecular complexity index is 447. The summed E-state index contributed by atoms with van der Waals surface area (Å²) in [6, 6.07) is -0.292. The summed E-state index contributed by atoms with van der Waals surface area (Å²) in [4.78, 5) is 28.2. The zero-order valence-electron chi connectivity index (χ0n) is 11.2. The zero-order chi connectivity index (χ0) is 14.4. The van der Waals surface area contributed by atoms with Crippen molar-refractivity contribution in [3.8, 4) is 0 Å². The molecular formula is C11H18N4O3S. The molecule has 2 N–H and O–H groups in total. The maximum atomic E-state index is 12.0. The number of hydrogen-bond acceptors (Lipinski definition) is 5. The lowest BCUT2D eigenvalue weighted by Crippen LogP contribution is -2.40. The number of amides is 2. The van der Waals surface area contributed by atoms with Gasteiger partial charge in [0.15, 0.2) is 0 Å². The van der Waals surface area contributed by atoms with Crippen LogP contribution in [0.2, 0.25) is 0 Å². The van der Waals surface area contributed by atoms with Gasteiger partial charge in [0.1, 0.15) is 5.82 Å². The summed E-state index contributed by atoms with van der Waals surface area (Å²) < 4.78 is 3.98. The fourth-order valence-corrected chi connectivity index (χ4v) is 2.07. The minimum Gasteiger partial charge on any atom is -0.481 e. The Hall–Kier alpha value is -1.70. The van der Waals surface area contributed by atoms with E-state index in [-0.39, 0.29) is 18.5 Å². The Morgan fingerprint density at radius 3 is 2.63 bits per heavy atom. The van der Waals surface area contributed by atoms with Crippen LogP contribution < -0.4 is 5.32 Å². The van der Waals surface area contributed by atoms with Crippen LogP contribution in [0.3, 0.4) is 0 Å². The molecule has 0 aliphatic rings. The van der Waals surface area contributed by atoms with Gasteiger partial charge in [0.2, 0.25) is 5.13 Å². The fraction of sp³-hybridized carbons (Fsp3) is 0.636. The Kier molecular flexibility index (Phi) is 5.68. The molecule has 1 aromatic rings. The van der Waals surface area contributed by atoms with E-state index in [0.717, 1.165) is 11.5 Å². The number of aliphatic carboxylic acids is 1. The lowest BCUT2D eigenvalue weighted by atomic mass is 10.2. The normalized spacial score (nSPS) is 10.5. The Labute approximate surface area is 115 Å². The summed E-state index contributed by atoms with van der Waals surface area (Å²) in [5.74, 6) is -0.244. The summed E-state index contributed by atoms with van der Waals surface area (Å²) in [6.07, 6.45) is 0.477. The van der Waals surface area contributed by atoms with E-state index in [9.17, 15) is 9.59 Å². The van der Waals surface area contributed by atoms with Crippen LogP contribution in [-0.4, -0.2) is 44.0 Å². The summed E-state index contributed by atoms with van der Waals surface area (Å²) in [7, 11) is 0. The van der Waals surface area contributed by atoms with Gasteiger partial charge >= 0.3 is 12.0 Å². The second kappa shape index (κ2) is 7.03. The minimum absolute atomic E-state index is 0.0113. The Morgan fingerprint density at radius 1 is 1.47 bits per heavy atom. The van der Waals surface area contributed by atoms with E-state index < -0.39 is 5.97 Å².